The van der Waals surface area contributed by atoms with Gasteiger partial charge in [-0.25, -0.2) is 15.0 Å². The van der Waals surface area contributed by atoms with E-state index in [1.807, 2.05) is 78.5 Å². The van der Waals surface area contributed by atoms with Crippen LogP contribution in [0.1, 0.15) is 17.8 Å². The molecule has 34 heteroatoms. The number of nitro groups is 3. The number of aromatic hydroxyl groups is 2. The minimum Gasteiger partial charge on any atom is -0.507 e. The van der Waals surface area contributed by atoms with Crippen LogP contribution in [0, 0.1) is 30.3 Å². The number of H-pyrrole nitrogens is 1. The topological polar surface area (TPSA) is 431 Å². The number of phenols is 2. The average Bonchev–Trinajstić information content (AvgIpc) is 1.60. The van der Waals surface area contributed by atoms with Gasteiger partial charge in [0.2, 0.25) is 11.8 Å². The van der Waals surface area contributed by atoms with Crippen LogP contribution in [0.15, 0.2) is 164 Å². The molecule has 0 aliphatic carbocycles. The minimum absolute atomic E-state index is 0. The van der Waals surface area contributed by atoms with Crippen molar-refractivity contribution in [2.75, 3.05) is 229 Å². The Morgan fingerprint density at radius 1 is 0.448 bits per heavy atom. The highest BCUT2D eigenvalue weighted by Gasteiger charge is 2.28. The van der Waals surface area contributed by atoms with Crippen molar-refractivity contribution in [3.63, 3.8) is 0 Å². The van der Waals surface area contributed by atoms with Gasteiger partial charge in [-0.15, -0.1) is 0 Å². The van der Waals surface area contributed by atoms with Gasteiger partial charge >= 0.3 is 17.1 Å². The molecule has 5 aliphatic rings. The number of hydrogen-bond donors (Lipinski definition) is 9. The molecular formula is C82H107ClN22O11. The second kappa shape index (κ2) is 43.2. The third-order valence-electron chi connectivity index (χ3n) is 19.9. The summed E-state index contributed by atoms with van der Waals surface area (Å²) in [7, 11) is 13.7. The second-order valence-corrected chi connectivity index (χ2v) is 28.3. The van der Waals surface area contributed by atoms with Gasteiger partial charge in [0.05, 0.1) is 68.4 Å². The van der Waals surface area contributed by atoms with Gasteiger partial charge < -0.3 is 103 Å². The number of carbonyl (C=O) groups excluding carboxylic acids is 1. The number of hydrogen-bond acceptors (Lipinski definition) is 29. The number of ether oxygens (including phenoxy) is 2. The molecule has 0 atom stereocenters. The van der Waals surface area contributed by atoms with E-state index in [0.29, 0.717) is 52.2 Å². The highest BCUT2D eigenvalue weighted by atomic mass is 35.5. The predicted molar refractivity (Wildman–Crippen MR) is 465 cm³/mol. The number of aromatic amines is 1. The summed E-state index contributed by atoms with van der Waals surface area (Å²) in [6.07, 6.45) is 3.94. The maximum atomic E-state index is 11.0. The number of fused-ring (bicyclic) bond motifs is 1. The van der Waals surface area contributed by atoms with Gasteiger partial charge in [0.1, 0.15) is 56.3 Å². The zero-order valence-corrected chi connectivity index (χ0v) is 66.6. The summed E-state index contributed by atoms with van der Waals surface area (Å²) in [5.74, 6) is 1.80. The van der Waals surface area contributed by atoms with Crippen LogP contribution in [0.25, 0.3) is 44.7 Å². The molecule has 0 spiro atoms. The number of rotatable bonds is 13. The number of aldehydes is 1. The SMILES string of the molecule is C.CN1CCN(c2cccc(N)c2N)CC1.CN1CCN(c2cccc(N)c2[N+](=O)[O-])CC1.CN1CCN(c2cccc(N)c2[N+](=O)[O-])CC1.CN1CCNCC1.COc1ncccc1-c1ccc(O)c(-c2nc3c(N4CCN(C)CC4)cccc3[nH]2)c1.COc1ncccc1-c1ccc(O)c(C=O)c1.Nc1cccc(Cl)c1[N+](=O)[O-]. The summed E-state index contributed by atoms with van der Waals surface area (Å²) < 4.78 is 10.5. The third kappa shape index (κ3) is 23.9. The number of halogens is 1. The van der Waals surface area contributed by atoms with Crippen LogP contribution in [-0.4, -0.2) is 256 Å². The zero-order valence-electron chi connectivity index (χ0n) is 65.8. The molecule has 3 aromatic heterocycles. The number of anilines is 9. The standard InChI is InChI=1S/C24H25N5O2.C13H11NO3.2C11H16N4O2.C11H18N4.C6H5ClN2O2.C5H12N2.CH4/c1-28-11-13-29(14-12-28)20-7-3-6-19-22(20)27-23(26-19)18-15-16(8-9-21(18)30)17-5-4-10-25-24(17)31-2;1-17-13-11(3-2-6-14-13)9-4-5-12(16)10(7-9)8-15;2*1-13-5-7-14(8-6-13)10-4-2-3-9(12)11(10)15(16)17;1-14-5-7-15(8-6-14)10-4-2-3-9(12)11(10)13;7-4-2-1-3-5(8)6(4)9(10)11;1-7-4-2-6-3-5-7;/h3-10,15,30H,11-14H2,1-2H3,(H,26,27);2-8,16H,1H3;2*2-4H,5-8,12H2,1H3;2-4H,5-8,12-13H2,1H3;1-3H,8H2;6H,2-5H2,1H3;1H4. The smallest absolute Gasteiger partial charge is 0.315 e. The Balaban J connectivity index is 0.000000176. The Hall–Kier alpha value is -12.4. The van der Waals surface area contributed by atoms with Crippen molar-refractivity contribution < 1.29 is 39.3 Å². The van der Waals surface area contributed by atoms with Gasteiger partial charge in [-0.05, 0) is 156 Å². The van der Waals surface area contributed by atoms with E-state index in [1.54, 1.807) is 86.2 Å². The fourth-order valence-electron chi connectivity index (χ4n) is 13.2. The molecule has 0 radical (unpaired) electrons. The van der Waals surface area contributed by atoms with Crippen LogP contribution in [-0.2, 0) is 0 Å². The van der Waals surface area contributed by atoms with E-state index in [2.05, 4.69) is 87.8 Å². The van der Waals surface area contributed by atoms with Crippen molar-refractivity contribution in [2.45, 2.75) is 7.43 Å². The number of aromatic nitrogens is 4. The lowest BCUT2D eigenvalue weighted by Gasteiger charge is -2.34. The molecule has 8 heterocycles. The van der Waals surface area contributed by atoms with Crippen molar-refractivity contribution >= 4 is 97.2 Å². The fourth-order valence-corrected chi connectivity index (χ4v) is 13.4. The lowest BCUT2D eigenvalue weighted by Crippen LogP contribution is -2.44. The Bertz CT molecular complexity index is 4790. The number of carbonyl (C=O) groups is 1. The first-order valence-electron chi connectivity index (χ1n) is 37.4. The molecule has 33 nitrogen and oxygen atoms in total. The van der Waals surface area contributed by atoms with Crippen LogP contribution in [0.5, 0.6) is 23.3 Å². The van der Waals surface area contributed by atoms with Crippen molar-refractivity contribution in [3.05, 3.63) is 205 Å². The number of methoxy groups -OCH3 is 2. The number of pyridine rings is 2. The van der Waals surface area contributed by atoms with E-state index in [9.17, 15) is 45.4 Å². The first-order valence-corrected chi connectivity index (χ1v) is 37.8. The van der Waals surface area contributed by atoms with Crippen LogP contribution >= 0.6 is 11.6 Å². The van der Waals surface area contributed by atoms with Gasteiger partial charge in [0, 0.05) is 154 Å². The first kappa shape index (κ1) is 89.2. The number of nitrogens with two attached hydrogens (primary N) is 5. The van der Waals surface area contributed by atoms with Crippen LogP contribution < -0.4 is 63.1 Å². The lowest BCUT2D eigenvalue weighted by atomic mass is 10.0. The zero-order chi connectivity index (χ0) is 82.8. The number of benzene rings is 7. The van der Waals surface area contributed by atoms with Crippen LogP contribution in [0.3, 0.4) is 0 Å². The van der Waals surface area contributed by atoms with E-state index in [1.165, 1.54) is 38.4 Å². The maximum Gasteiger partial charge on any atom is 0.315 e. The van der Waals surface area contributed by atoms with E-state index < -0.39 is 14.8 Å². The molecule has 5 fully saturated rings. The number of nitrogen functional groups attached to an aromatic ring is 5. The summed E-state index contributed by atoms with van der Waals surface area (Å²) in [5.41, 5.74) is 39.7. The minimum atomic E-state index is -0.600. The van der Waals surface area contributed by atoms with Gasteiger partial charge in [-0.2, -0.15) is 0 Å². The number of piperazine rings is 5. The van der Waals surface area contributed by atoms with Crippen LogP contribution in [0.2, 0.25) is 5.02 Å². The molecule has 618 valence electrons. The molecule has 0 saturated carbocycles. The third-order valence-corrected chi connectivity index (χ3v) is 20.2. The molecule has 14 N–H and O–H groups in total. The molecule has 0 unspecified atom stereocenters. The number of para-hydroxylation sites is 5. The Kier molecular flexibility index (Phi) is 33.2. The monoisotopic (exact) mass is 1610 g/mol. The summed E-state index contributed by atoms with van der Waals surface area (Å²) in [6.45, 7) is 19.7. The summed E-state index contributed by atoms with van der Waals surface area (Å²) in [5, 5.41) is 55.7. The number of phenolic OH excluding ortho intramolecular Hbond substituents is 2. The average molecular weight is 1610 g/mol. The van der Waals surface area contributed by atoms with E-state index >= 15 is 0 Å². The van der Waals surface area contributed by atoms with Crippen molar-refractivity contribution in [3.8, 4) is 56.9 Å². The summed E-state index contributed by atoms with van der Waals surface area (Å²) >= 11 is 5.50. The molecule has 0 bridgehead atoms. The highest BCUT2D eigenvalue weighted by molar-refractivity contribution is 6.33. The number of nitrogens with one attached hydrogen (secondary N) is 2. The fraction of sp³-hybridized carbons (Fsp3) is 0.341. The first-order chi connectivity index (χ1) is 55.3. The van der Waals surface area contributed by atoms with Crippen molar-refractivity contribution in [1.82, 2.24) is 49.8 Å². The van der Waals surface area contributed by atoms with Crippen molar-refractivity contribution in [1.29, 1.82) is 0 Å². The quantitative estimate of drug-likeness (QED) is 0.0224. The summed E-state index contributed by atoms with van der Waals surface area (Å²) in [4.78, 5) is 78.5. The molecule has 0 amide bonds. The normalized spacial score (nSPS) is 15.2. The Morgan fingerprint density at radius 3 is 1.24 bits per heavy atom. The lowest BCUT2D eigenvalue weighted by molar-refractivity contribution is -0.383. The molecule has 10 aromatic rings. The van der Waals surface area contributed by atoms with Crippen molar-refractivity contribution in [2.24, 2.45) is 0 Å². The molecule has 7 aromatic carbocycles. The Labute approximate surface area is 680 Å². The van der Waals surface area contributed by atoms with E-state index in [4.69, 9.17) is 54.7 Å². The molecule has 116 heavy (non-hydrogen) atoms. The molecular weight excluding hydrogens is 1500 g/mol. The van der Waals surface area contributed by atoms with Gasteiger partial charge in [-0.3, -0.25) is 35.1 Å². The molecule has 15 rings (SSSR count). The van der Waals surface area contributed by atoms with Gasteiger partial charge in [-0.1, -0.05) is 61.5 Å². The molecule has 5 aliphatic heterocycles. The van der Waals surface area contributed by atoms with Gasteiger partial charge in [0.25, 0.3) is 0 Å². The number of imidazole rings is 1. The molecule has 5 saturated heterocycles. The van der Waals surface area contributed by atoms with E-state index in [-0.39, 0.29) is 63.6 Å². The predicted octanol–water partition coefficient (Wildman–Crippen LogP) is 10.5. The second-order valence-electron chi connectivity index (χ2n) is 27.9. The summed E-state index contributed by atoms with van der Waals surface area (Å²) in [6, 6.07) is 44.3. The van der Waals surface area contributed by atoms with E-state index in [0.717, 1.165) is 162 Å². The highest BCUT2D eigenvalue weighted by Crippen LogP contribution is 2.40. The number of likely N-dealkylation sites (N-methyl/N-ethyl adjacent to an activating group) is 5. The largest absolute Gasteiger partial charge is 0.507 e. The van der Waals surface area contributed by atoms with Crippen LogP contribution in [0.4, 0.5) is 68.2 Å². The Morgan fingerprint density at radius 2 is 0.828 bits per heavy atom. The number of nitro benzene ring substituents is 3. The maximum absolute atomic E-state index is 11.0. The number of nitrogens with zero attached hydrogens (tertiary/aromatic N) is 15. The van der Waals surface area contributed by atoms with Gasteiger partial charge in [0.15, 0.2) is 6.29 Å².